The molecule has 1 amide bonds. The lowest BCUT2D eigenvalue weighted by Crippen LogP contribution is -2.62. The molecule has 10 heteroatoms. The zero-order valence-electron chi connectivity index (χ0n) is 23.8. The number of halogens is 2. The van der Waals surface area contributed by atoms with Gasteiger partial charge in [-0.05, 0) is 61.4 Å². The van der Waals surface area contributed by atoms with Gasteiger partial charge < -0.3 is 19.2 Å². The summed E-state index contributed by atoms with van der Waals surface area (Å²) in [7, 11) is 0. The summed E-state index contributed by atoms with van der Waals surface area (Å²) in [5.74, 6) is 1.10. The molecule has 3 aromatic rings. The van der Waals surface area contributed by atoms with Crippen LogP contribution in [0.4, 0.5) is 0 Å². The van der Waals surface area contributed by atoms with Gasteiger partial charge in [-0.2, -0.15) is 0 Å². The van der Waals surface area contributed by atoms with Crippen LogP contribution in [0.15, 0.2) is 66.7 Å². The van der Waals surface area contributed by atoms with Gasteiger partial charge in [0.15, 0.2) is 5.66 Å². The summed E-state index contributed by atoms with van der Waals surface area (Å²) in [5, 5.41) is 8.73. The number of ether oxygens (including phenoxy) is 2. The molecule has 222 valence electrons. The van der Waals surface area contributed by atoms with Crippen molar-refractivity contribution in [1.82, 2.24) is 20.4 Å². The molecule has 0 spiro atoms. The molecule has 2 fully saturated rings. The van der Waals surface area contributed by atoms with E-state index in [9.17, 15) is 9.59 Å². The highest BCUT2D eigenvalue weighted by atomic mass is 35.5. The van der Waals surface area contributed by atoms with Crippen molar-refractivity contribution in [2.75, 3.05) is 45.9 Å². The molecule has 0 saturated carbocycles. The molecule has 2 unspecified atom stereocenters. The minimum Gasteiger partial charge on any atom is -0.494 e. The fourth-order valence-corrected chi connectivity index (χ4v) is 6.03. The van der Waals surface area contributed by atoms with E-state index >= 15 is 0 Å². The number of aldehydes is 1. The summed E-state index contributed by atoms with van der Waals surface area (Å²) >= 11 is 12.5. The second kappa shape index (κ2) is 13.4. The van der Waals surface area contributed by atoms with Gasteiger partial charge in [0.05, 0.1) is 31.8 Å². The summed E-state index contributed by atoms with van der Waals surface area (Å²) in [6, 6.07) is 20.3. The highest BCUT2D eigenvalue weighted by Gasteiger charge is 2.54. The number of rotatable bonds is 10. The number of benzene rings is 3. The summed E-state index contributed by atoms with van der Waals surface area (Å²) < 4.78 is 11.9. The van der Waals surface area contributed by atoms with E-state index in [4.69, 9.17) is 32.7 Å². The Hall–Kier alpha value is -3.14. The van der Waals surface area contributed by atoms with E-state index < -0.39 is 5.66 Å². The van der Waals surface area contributed by atoms with Crippen molar-refractivity contribution in [3.8, 4) is 11.5 Å². The van der Waals surface area contributed by atoms with Crippen molar-refractivity contribution in [1.29, 1.82) is 0 Å². The molecule has 2 N–H and O–H groups in total. The zero-order valence-corrected chi connectivity index (χ0v) is 25.3. The fourth-order valence-electron chi connectivity index (χ4n) is 5.78. The van der Waals surface area contributed by atoms with Gasteiger partial charge in [0, 0.05) is 47.9 Å². The third-order valence-electron chi connectivity index (χ3n) is 7.82. The Morgan fingerprint density at radius 2 is 1.40 bits per heavy atom. The van der Waals surface area contributed by atoms with E-state index in [0.717, 1.165) is 17.4 Å². The second-order valence-electron chi connectivity index (χ2n) is 10.4. The molecule has 3 aromatic carbocycles. The molecule has 0 bridgehead atoms. The van der Waals surface area contributed by atoms with E-state index in [-0.39, 0.29) is 18.0 Å². The zero-order chi connectivity index (χ0) is 29.7. The van der Waals surface area contributed by atoms with Crippen LogP contribution in [0.1, 0.15) is 42.6 Å². The van der Waals surface area contributed by atoms with Crippen LogP contribution in [0.25, 0.3) is 0 Å². The average Bonchev–Trinajstić information content (AvgIpc) is 3.40. The first-order valence-electron chi connectivity index (χ1n) is 14.3. The van der Waals surface area contributed by atoms with Gasteiger partial charge in [0.25, 0.3) is 5.91 Å². The smallest absolute Gasteiger partial charge is 0.262 e. The van der Waals surface area contributed by atoms with E-state index in [0.29, 0.717) is 73.0 Å². The van der Waals surface area contributed by atoms with Gasteiger partial charge >= 0.3 is 0 Å². The molecular formula is C32H36Cl2N4O4. The average molecular weight is 612 g/mol. The van der Waals surface area contributed by atoms with Crippen molar-refractivity contribution in [3.63, 3.8) is 0 Å². The first-order chi connectivity index (χ1) is 20.4. The summed E-state index contributed by atoms with van der Waals surface area (Å²) in [6.07, 6.45) is 0.904. The molecule has 2 aliphatic rings. The molecule has 5 rings (SSSR count). The Morgan fingerprint density at radius 1 is 0.857 bits per heavy atom. The first kappa shape index (κ1) is 30.3. The normalized spacial score (nSPS) is 22.6. The lowest BCUT2D eigenvalue weighted by molar-refractivity contribution is -0.141. The van der Waals surface area contributed by atoms with Crippen LogP contribution in [-0.4, -0.2) is 67.9 Å². The number of piperazine rings is 1. The van der Waals surface area contributed by atoms with E-state index in [1.807, 2.05) is 85.5 Å². The van der Waals surface area contributed by atoms with Crippen LogP contribution < -0.4 is 20.1 Å². The van der Waals surface area contributed by atoms with E-state index in [1.165, 1.54) is 0 Å². The van der Waals surface area contributed by atoms with Crippen molar-refractivity contribution in [3.05, 3.63) is 93.5 Å². The molecule has 2 heterocycles. The summed E-state index contributed by atoms with van der Waals surface area (Å²) in [5.41, 5.74) is 1.28. The maximum absolute atomic E-state index is 14.8. The first-order valence-corrected chi connectivity index (χ1v) is 15.1. The standard InChI is InChI=1S/C32H36Cl2N4O4/c1-3-41-26-13-14-27(28(21-26)42-4-2)32(31(40)38-17-15-37(16-18-38)19-20-39)35-29(22-5-9-24(33)10-6-22)30(36-32)23-7-11-25(34)12-8-23/h5-14,20-21,29-30,35-36H,3-4,15-19H2,1-2H3. The third-order valence-corrected chi connectivity index (χ3v) is 8.32. The van der Waals surface area contributed by atoms with Crippen LogP contribution >= 0.6 is 23.2 Å². The lowest BCUT2D eigenvalue weighted by Gasteiger charge is -2.40. The number of hydrogen-bond donors (Lipinski definition) is 2. The van der Waals surface area contributed by atoms with Crippen molar-refractivity contribution < 1.29 is 19.1 Å². The van der Waals surface area contributed by atoms with Gasteiger partial charge in [0.2, 0.25) is 0 Å². The molecule has 0 radical (unpaired) electrons. The number of nitrogens with zero attached hydrogens (tertiary/aromatic N) is 2. The molecule has 0 aromatic heterocycles. The van der Waals surface area contributed by atoms with Crippen molar-refractivity contribution in [2.45, 2.75) is 31.6 Å². The number of carbonyl (C=O) groups excluding carboxylic acids is 2. The van der Waals surface area contributed by atoms with Gasteiger partial charge in [-0.25, -0.2) is 0 Å². The summed E-state index contributed by atoms with van der Waals surface area (Å²) in [4.78, 5) is 29.8. The maximum atomic E-state index is 14.8. The third kappa shape index (κ3) is 6.28. The maximum Gasteiger partial charge on any atom is 0.262 e. The monoisotopic (exact) mass is 610 g/mol. The van der Waals surface area contributed by atoms with Gasteiger partial charge in [-0.15, -0.1) is 0 Å². The number of carbonyl (C=O) groups is 2. The lowest BCUT2D eigenvalue weighted by atomic mass is 9.95. The number of hydrogen-bond acceptors (Lipinski definition) is 7. The van der Waals surface area contributed by atoms with E-state index in [2.05, 4.69) is 15.5 Å². The van der Waals surface area contributed by atoms with Crippen molar-refractivity contribution in [2.24, 2.45) is 0 Å². The van der Waals surface area contributed by atoms with Crippen LogP contribution in [0.3, 0.4) is 0 Å². The molecule has 42 heavy (non-hydrogen) atoms. The fraction of sp³-hybridized carbons (Fsp3) is 0.375. The van der Waals surface area contributed by atoms with Crippen LogP contribution in [0, 0.1) is 0 Å². The highest BCUT2D eigenvalue weighted by Crippen LogP contribution is 2.45. The molecule has 2 aliphatic heterocycles. The topological polar surface area (TPSA) is 83.1 Å². The molecule has 8 nitrogen and oxygen atoms in total. The van der Waals surface area contributed by atoms with Gasteiger partial charge in [0.1, 0.15) is 17.8 Å². The van der Waals surface area contributed by atoms with E-state index in [1.54, 1.807) is 0 Å². The summed E-state index contributed by atoms with van der Waals surface area (Å²) in [6.45, 7) is 7.34. The Morgan fingerprint density at radius 3 is 1.90 bits per heavy atom. The molecule has 2 atom stereocenters. The predicted molar refractivity (Wildman–Crippen MR) is 164 cm³/mol. The SMILES string of the molecule is CCOc1ccc(C2(C(=O)N3CCN(CC=O)CC3)NC(c3ccc(Cl)cc3)C(c3ccc(Cl)cc3)N2)c(OCC)c1. The largest absolute Gasteiger partial charge is 0.494 e. The Balaban J connectivity index is 1.63. The Labute approximate surface area is 256 Å². The van der Waals surface area contributed by atoms with Crippen molar-refractivity contribution >= 4 is 35.4 Å². The highest BCUT2D eigenvalue weighted by molar-refractivity contribution is 6.30. The number of amides is 1. The second-order valence-corrected chi connectivity index (χ2v) is 11.3. The van der Waals surface area contributed by atoms with Gasteiger partial charge in [-0.3, -0.25) is 20.3 Å². The molecule has 0 aliphatic carbocycles. The quantitative estimate of drug-likeness (QED) is 0.314. The predicted octanol–water partition coefficient (Wildman–Crippen LogP) is 4.96. The van der Waals surface area contributed by atoms with Gasteiger partial charge in [-0.1, -0.05) is 47.5 Å². The molecular weight excluding hydrogens is 575 g/mol. The minimum atomic E-state index is -1.34. The number of nitrogens with one attached hydrogen (secondary N) is 2. The minimum absolute atomic E-state index is 0.117. The molecule has 2 saturated heterocycles. The van der Waals surface area contributed by atoms with Crippen LogP contribution in [0.5, 0.6) is 11.5 Å². The Bertz CT molecular complexity index is 1320. The van der Waals surface area contributed by atoms with Crippen LogP contribution in [-0.2, 0) is 15.3 Å². The van der Waals surface area contributed by atoms with Crippen LogP contribution in [0.2, 0.25) is 10.0 Å². The Kier molecular flexibility index (Phi) is 9.70.